The first-order chi connectivity index (χ1) is 9.36. The van der Waals surface area contributed by atoms with E-state index in [-0.39, 0.29) is 0 Å². The zero-order valence-electron chi connectivity index (χ0n) is 10.4. The van der Waals surface area contributed by atoms with Crippen LogP contribution in [-0.4, -0.2) is 18.6 Å². The van der Waals surface area contributed by atoms with Crippen molar-refractivity contribution in [2.45, 2.75) is 10.8 Å². The number of carbonyl (C=O) groups excluding carboxylic acids is 1. The molecule has 1 heterocycles. The summed E-state index contributed by atoms with van der Waals surface area (Å²) in [6.07, 6.45) is 0.871. The summed E-state index contributed by atoms with van der Waals surface area (Å²) in [6.45, 7) is 0.763. The highest BCUT2D eigenvalue weighted by atomic mass is 32.2. The van der Waals surface area contributed by atoms with Gasteiger partial charge in [-0.2, -0.15) is 0 Å². The van der Waals surface area contributed by atoms with E-state index in [4.69, 9.17) is 4.74 Å². The van der Waals surface area contributed by atoms with Gasteiger partial charge >= 0.3 is 0 Å². The molecule has 0 radical (unpaired) electrons. The lowest BCUT2D eigenvalue weighted by Crippen LogP contribution is -2.03. The Morgan fingerprint density at radius 3 is 2.74 bits per heavy atom. The molecule has 0 amide bonds. The molecule has 3 rings (SSSR count). The fourth-order valence-corrected chi connectivity index (χ4v) is 3.20. The monoisotopic (exact) mass is 270 g/mol. The van der Waals surface area contributed by atoms with Crippen LogP contribution in [0.4, 0.5) is 0 Å². The normalized spacial score (nSPS) is 16.7. The second kappa shape index (κ2) is 5.49. The van der Waals surface area contributed by atoms with Gasteiger partial charge in [-0.05, 0) is 18.2 Å². The topological polar surface area (TPSA) is 26.3 Å². The second-order valence-corrected chi connectivity index (χ2v) is 5.64. The molecule has 3 heteroatoms. The highest BCUT2D eigenvalue weighted by Crippen LogP contribution is 2.36. The van der Waals surface area contributed by atoms with Gasteiger partial charge in [0.05, 0.1) is 6.61 Å². The van der Waals surface area contributed by atoms with E-state index in [1.807, 2.05) is 36.4 Å². The molecule has 0 saturated heterocycles. The maximum Gasteiger partial charge on any atom is 0.150 e. The van der Waals surface area contributed by atoms with E-state index in [1.54, 1.807) is 11.8 Å². The number of benzene rings is 2. The highest BCUT2D eigenvalue weighted by molar-refractivity contribution is 7.99. The molecule has 2 nitrogen and oxygen atoms in total. The quantitative estimate of drug-likeness (QED) is 0.625. The molecule has 2 aromatic carbocycles. The largest absolute Gasteiger partial charge is 0.493 e. The van der Waals surface area contributed by atoms with Gasteiger partial charge in [0.25, 0.3) is 0 Å². The molecule has 1 aliphatic heterocycles. The van der Waals surface area contributed by atoms with E-state index in [0.717, 1.165) is 30.0 Å². The van der Waals surface area contributed by atoms with E-state index >= 15 is 0 Å². The number of ether oxygens (including phenoxy) is 1. The maximum atomic E-state index is 10.6. The Balaban J connectivity index is 1.65. The molecule has 96 valence electrons. The Hall–Kier alpha value is -1.74. The van der Waals surface area contributed by atoms with Crippen LogP contribution in [0, 0.1) is 0 Å². The van der Waals surface area contributed by atoms with Crippen LogP contribution in [0.1, 0.15) is 21.8 Å². The van der Waals surface area contributed by atoms with Crippen molar-refractivity contribution >= 4 is 18.0 Å². The molecular formula is C16H14O2S. The zero-order valence-corrected chi connectivity index (χ0v) is 11.2. The zero-order chi connectivity index (χ0) is 13.1. The predicted octanol–water partition coefficient (Wildman–Crippen LogP) is 3.77. The first kappa shape index (κ1) is 12.3. The lowest BCUT2D eigenvalue weighted by molar-refractivity contribution is 0.112. The summed E-state index contributed by atoms with van der Waals surface area (Å²) in [4.78, 5) is 11.8. The van der Waals surface area contributed by atoms with Gasteiger partial charge in [-0.3, -0.25) is 4.79 Å². The third-order valence-corrected chi connectivity index (χ3v) is 4.44. The second-order valence-electron chi connectivity index (χ2n) is 4.54. The molecule has 19 heavy (non-hydrogen) atoms. The van der Waals surface area contributed by atoms with Crippen molar-refractivity contribution in [2.75, 3.05) is 12.4 Å². The Labute approximate surface area is 116 Å². The van der Waals surface area contributed by atoms with Gasteiger partial charge in [0.1, 0.15) is 12.0 Å². The molecule has 1 unspecified atom stereocenters. The van der Waals surface area contributed by atoms with Gasteiger partial charge in [-0.1, -0.05) is 30.3 Å². The van der Waals surface area contributed by atoms with Crippen LogP contribution in [-0.2, 0) is 0 Å². The highest BCUT2D eigenvalue weighted by Gasteiger charge is 2.23. The summed E-state index contributed by atoms with van der Waals surface area (Å²) in [5.74, 6) is 2.47. The van der Waals surface area contributed by atoms with Gasteiger partial charge in [-0.15, -0.1) is 11.8 Å². The van der Waals surface area contributed by atoms with Gasteiger partial charge in [-0.25, -0.2) is 0 Å². The third-order valence-electron chi connectivity index (χ3n) is 3.27. The van der Waals surface area contributed by atoms with Gasteiger partial charge in [0.15, 0.2) is 0 Å². The minimum absolute atomic E-state index is 0.451. The standard InChI is InChI=1S/C16H14O2S/c17-9-12-5-7-14(8-6-12)19-11-13-10-18-16-4-2-1-3-15(13)16/h1-9,13H,10-11H2. The number of thioether (sulfide) groups is 1. The first-order valence-electron chi connectivity index (χ1n) is 6.26. The van der Waals surface area contributed by atoms with Crippen LogP contribution >= 0.6 is 11.8 Å². The van der Waals surface area contributed by atoms with Crippen LogP contribution < -0.4 is 4.74 Å². The lowest BCUT2D eigenvalue weighted by atomic mass is 10.0. The van der Waals surface area contributed by atoms with Gasteiger partial charge in [0, 0.05) is 27.7 Å². The Kier molecular flexibility index (Phi) is 3.56. The number of hydrogen-bond donors (Lipinski definition) is 0. The minimum atomic E-state index is 0.451. The van der Waals surface area contributed by atoms with Crippen LogP contribution in [0.2, 0.25) is 0 Å². The number of carbonyl (C=O) groups is 1. The van der Waals surface area contributed by atoms with Crippen molar-refractivity contribution in [2.24, 2.45) is 0 Å². The van der Waals surface area contributed by atoms with Gasteiger partial charge < -0.3 is 4.74 Å². The van der Waals surface area contributed by atoms with Crippen molar-refractivity contribution in [3.8, 4) is 5.75 Å². The summed E-state index contributed by atoms with van der Waals surface area (Å²) in [7, 11) is 0. The predicted molar refractivity (Wildman–Crippen MR) is 77.2 cm³/mol. The number of fused-ring (bicyclic) bond motifs is 1. The lowest BCUT2D eigenvalue weighted by Gasteiger charge is -2.08. The van der Waals surface area contributed by atoms with E-state index in [2.05, 4.69) is 12.1 Å². The van der Waals surface area contributed by atoms with E-state index in [9.17, 15) is 4.79 Å². The van der Waals surface area contributed by atoms with E-state index in [0.29, 0.717) is 5.92 Å². The molecule has 1 atom stereocenters. The Morgan fingerprint density at radius 2 is 1.95 bits per heavy atom. The Bertz CT molecular complexity index is 578. The average molecular weight is 270 g/mol. The summed E-state index contributed by atoms with van der Waals surface area (Å²) in [6, 6.07) is 15.9. The van der Waals surface area contributed by atoms with Crippen LogP contribution in [0.15, 0.2) is 53.4 Å². The molecule has 0 fully saturated rings. The number of aldehydes is 1. The van der Waals surface area contributed by atoms with Crippen molar-refractivity contribution in [3.05, 3.63) is 59.7 Å². The molecule has 1 aliphatic rings. The third kappa shape index (κ3) is 2.66. The number of hydrogen-bond acceptors (Lipinski definition) is 3. The summed E-state index contributed by atoms with van der Waals surface area (Å²) >= 11 is 1.80. The first-order valence-corrected chi connectivity index (χ1v) is 7.25. The van der Waals surface area contributed by atoms with Crippen LogP contribution in [0.5, 0.6) is 5.75 Å². The molecule has 0 aliphatic carbocycles. The van der Waals surface area contributed by atoms with Crippen molar-refractivity contribution in [1.29, 1.82) is 0 Å². The molecule has 0 N–H and O–H groups in total. The number of para-hydroxylation sites is 1. The summed E-state index contributed by atoms with van der Waals surface area (Å²) in [5.41, 5.74) is 2.03. The molecule has 0 spiro atoms. The number of rotatable bonds is 4. The SMILES string of the molecule is O=Cc1ccc(SCC2COc3ccccc32)cc1. The van der Waals surface area contributed by atoms with Crippen molar-refractivity contribution < 1.29 is 9.53 Å². The molecule has 0 bridgehead atoms. The molecule has 0 saturated carbocycles. The fourth-order valence-electron chi connectivity index (χ4n) is 2.21. The molecule has 2 aromatic rings. The summed E-state index contributed by atoms with van der Waals surface area (Å²) < 4.78 is 5.68. The van der Waals surface area contributed by atoms with Crippen molar-refractivity contribution in [1.82, 2.24) is 0 Å². The Morgan fingerprint density at radius 1 is 1.16 bits per heavy atom. The maximum absolute atomic E-state index is 10.6. The van der Waals surface area contributed by atoms with Crippen LogP contribution in [0.3, 0.4) is 0 Å². The van der Waals surface area contributed by atoms with E-state index < -0.39 is 0 Å². The van der Waals surface area contributed by atoms with Crippen molar-refractivity contribution in [3.63, 3.8) is 0 Å². The smallest absolute Gasteiger partial charge is 0.150 e. The van der Waals surface area contributed by atoms with Gasteiger partial charge in [0.2, 0.25) is 0 Å². The fraction of sp³-hybridized carbons (Fsp3) is 0.188. The molecule has 0 aromatic heterocycles. The summed E-state index contributed by atoms with van der Waals surface area (Å²) in [5, 5.41) is 0. The van der Waals surface area contributed by atoms with Crippen LogP contribution in [0.25, 0.3) is 0 Å². The molecular weight excluding hydrogens is 256 g/mol. The van der Waals surface area contributed by atoms with E-state index in [1.165, 1.54) is 10.5 Å². The average Bonchev–Trinajstić information content (AvgIpc) is 2.89. The minimum Gasteiger partial charge on any atom is -0.493 e.